The first kappa shape index (κ1) is 13.6. The van der Waals surface area contributed by atoms with Crippen molar-refractivity contribution in [2.75, 3.05) is 18.5 Å². The summed E-state index contributed by atoms with van der Waals surface area (Å²) in [6.07, 6.45) is 3.55. The molecule has 2 heterocycles. The average Bonchev–Trinajstić information content (AvgIpc) is 2.92. The molecule has 102 valence electrons. The summed E-state index contributed by atoms with van der Waals surface area (Å²) in [4.78, 5) is 6.50. The lowest BCUT2D eigenvalue weighted by atomic mass is 10.1. The predicted octanol–water partition coefficient (Wildman–Crippen LogP) is 2.98. The molecule has 4 heteroatoms. The quantitative estimate of drug-likeness (QED) is 0.866. The Morgan fingerprint density at radius 2 is 2.26 bits per heavy atom. The van der Waals surface area contributed by atoms with Gasteiger partial charge in [0.15, 0.2) is 0 Å². The monoisotopic (exact) mass is 259 g/mol. The highest BCUT2D eigenvalue weighted by Crippen LogP contribution is 2.18. The molecule has 2 rings (SSSR count). The largest absolute Gasteiger partial charge is 0.467 e. The Bertz CT molecular complexity index is 496. The number of nitrogens with zero attached hydrogens (tertiary/aromatic N) is 2. The van der Waals surface area contributed by atoms with Gasteiger partial charge in [-0.05, 0) is 43.3 Å². The Morgan fingerprint density at radius 3 is 2.95 bits per heavy atom. The van der Waals surface area contributed by atoms with Crippen LogP contribution in [0.15, 0.2) is 41.1 Å². The van der Waals surface area contributed by atoms with Gasteiger partial charge in [0.25, 0.3) is 0 Å². The molecule has 0 saturated heterocycles. The molecule has 4 nitrogen and oxygen atoms in total. The van der Waals surface area contributed by atoms with Crippen molar-refractivity contribution < 1.29 is 4.42 Å². The molecule has 0 aliphatic rings. The summed E-state index contributed by atoms with van der Waals surface area (Å²) in [7, 11) is 2.02. The lowest BCUT2D eigenvalue weighted by molar-refractivity contribution is 0.507. The minimum Gasteiger partial charge on any atom is -0.467 e. The molecule has 2 aromatic rings. The van der Waals surface area contributed by atoms with Gasteiger partial charge >= 0.3 is 0 Å². The highest BCUT2D eigenvalue weighted by atomic mass is 16.3. The van der Waals surface area contributed by atoms with Crippen LogP contribution in [0.5, 0.6) is 0 Å². The Labute approximate surface area is 114 Å². The second kappa shape index (κ2) is 6.38. The molecule has 0 saturated carbocycles. The van der Waals surface area contributed by atoms with Gasteiger partial charge in [0.2, 0.25) is 0 Å². The number of furan rings is 1. The number of nitrogens with one attached hydrogen (secondary N) is 1. The molecule has 0 spiro atoms. The first-order valence-corrected chi connectivity index (χ1v) is 6.63. The molecule has 0 aromatic carbocycles. The van der Waals surface area contributed by atoms with Gasteiger partial charge in [0, 0.05) is 19.3 Å². The number of pyridine rings is 1. The van der Waals surface area contributed by atoms with Gasteiger partial charge in [-0.2, -0.15) is 0 Å². The van der Waals surface area contributed by atoms with Crippen LogP contribution < -0.4 is 10.2 Å². The van der Waals surface area contributed by atoms with Crippen LogP contribution in [-0.2, 0) is 6.54 Å². The molecule has 0 aliphatic heterocycles. The third-order valence-electron chi connectivity index (χ3n) is 3.14. The van der Waals surface area contributed by atoms with Gasteiger partial charge in [-0.1, -0.05) is 6.92 Å². The van der Waals surface area contributed by atoms with Gasteiger partial charge in [0.05, 0.1) is 12.8 Å². The van der Waals surface area contributed by atoms with E-state index >= 15 is 0 Å². The SMILES string of the molecule is CCNC(C)c1ccnc(N(C)Cc2ccco2)c1. The van der Waals surface area contributed by atoms with Crippen LogP contribution in [0.2, 0.25) is 0 Å². The van der Waals surface area contributed by atoms with E-state index in [-0.39, 0.29) is 0 Å². The fraction of sp³-hybridized carbons (Fsp3) is 0.400. The minimum atomic E-state index is 0.337. The van der Waals surface area contributed by atoms with Crippen LogP contribution in [0.1, 0.15) is 31.2 Å². The van der Waals surface area contributed by atoms with E-state index in [0.717, 1.165) is 24.7 Å². The molecular weight excluding hydrogens is 238 g/mol. The van der Waals surface area contributed by atoms with E-state index in [4.69, 9.17) is 4.42 Å². The number of aromatic nitrogens is 1. The van der Waals surface area contributed by atoms with Crippen molar-refractivity contribution in [1.82, 2.24) is 10.3 Å². The van der Waals surface area contributed by atoms with Crippen LogP contribution >= 0.6 is 0 Å². The Hall–Kier alpha value is -1.81. The maximum Gasteiger partial charge on any atom is 0.128 e. The number of hydrogen-bond donors (Lipinski definition) is 1. The number of rotatable bonds is 6. The highest BCUT2D eigenvalue weighted by Gasteiger charge is 2.09. The first-order valence-electron chi connectivity index (χ1n) is 6.63. The zero-order valence-electron chi connectivity index (χ0n) is 11.8. The van der Waals surface area contributed by atoms with Gasteiger partial charge in [0.1, 0.15) is 11.6 Å². The van der Waals surface area contributed by atoms with E-state index in [0.29, 0.717) is 6.04 Å². The molecule has 19 heavy (non-hydrogen) atoms. The summed E-state index contributed by atoms with van der Waals surface area (Å²) in [5, 5.41) is 3.41. The van der Waals surface area contributed by atoms with Crippen LogP contribution in [-0.4, -0.2) is 18.6 Å². The van der Waals surface area contributed by atoms with Crippen molar-refractivity contribution in [2.24, 2.45) is 0 Å². The van der Waals surface area contributed by atoms with Crippen molar-refractivity contribution in [2.45, 2.75) is 26.4 Å². The Morgan fingerprint density at radius 1 is 1.42 bits per heavy atom. The topological polar surface area (TPSA) is 41.3 Å². The zero-order chi connectivity index (χ0) is 13.7. The lowest BCUT2D eigenvalue weighted by Gasteiger charge is -2.19. The molecular formula is C15H21N3O. The van der Waals surface area contributed by atoms with Gasteiger partial charge < -0.3 is 14.6 Å². The number of anilines is 1. The highest BCUT2D eigenvalue weighted by molar-refractivity contribution is 5.41. The molecule has 1 unspecified atom stereocenters. The molecule has 0 radical (unpaired) electrons. The summed E-state index contributed by atoms with van der Waals surface area (Å²) < 4.78 is 5.36. The van der Waals surface area contributed by atoms with Crippen molar-refractivity contribution in [3.8, 4) is 0 Å². The molecule has 0 amide bonds. The molecule has 2 aromatic heterocycles. The smallest absolute Gasteiger partial charge is 0.128 e. The van der Waals surface area contributed by atoms with Gasteiger partial charge in [-0.15, -0.1) is 0 Å². The van der Waals surface area contributed by atoms with Crippen LogP contribution in [0.25, 0.3) is 0 Å². The van der Waals surface area contributed by atoms with Gasteiger partial charge in [-0.3, -0.25) is 0 Å². The third kappa shape index (κ3) is 3.58. The third-order valence-corrected chi connectivity index (χ3v) is 3.14. The van der Waals surface area contributed by atoms with Crippen LogP contribution in [0, 0.1) is 0 Å². The van der Waals surface area contributed by atoms with E-state index in [2.05, 4.69) is 41.2 Å². The molecule has 0 aliphatic carbocycles. The second-order valence-electron chi connectivity index (χ2n) is 4.66. The Balaban J connectivity index is 2.09. The molecule has 1 N–H and O–H groups in total. The van der Waals surface area contributed by atoms with Crippen LogP contribution in [0.3, 0.4) is 0 Å². The summed E-state index contributed by atoms with van der Waals surface area (Å²) in [6.45, 7) is 5.96. The van der Waals surface area contributed by atoms with E-state index in [9.17, 15) is 0 Å². The maximum atomic E-state index is 5.36. The fourth-order valence-electron chi connectivity index (χ4n) is 2.05. The van der Waals surface area contributed by atoms with E-state index in [1.165, 1.54) is 5.56 Å². The van der Waals surface area contributed by atoms with Crippen molar-refractivity contribution in [3.63, 3.8) is 0 Å². The van der Waals surface area contributed by atoms with Gasteiger partial charge in [-0.25, -0.2) is 4.98 Å². The van der Waals surface area contributed by atoms with Crippen molar-refractivity contribution in [3.05, 3.63) is 48.0 Å². The standard InChI is InChI=1S/C15H21N3O/c1-4-16-12(2)13-7-8-17-15(10-13)18(3)11-14-6-5-9-19-14/h5-10,12,16H,4,11H2,1-3H3. The maximum absolute atomic E-state index is 5.36. The Kier molecular flexibility index (Phi) is 4.58. The average molecular weight is 259 g/mol. The second-order valence-corrected chi connectivity index (χ2v) is 4.66. The predicted molar refractivity (Wildman–Crippen MR) is 77.1 cm³/mol. The summed E-state index contributed by atoms with van der Waals surface area (Å²) in [5.41, 5.74) is 1.25. The van der Waals surface area contributed by atoms with Crippen molar-refractivity contribution >= 4 is 5.82 Å². The molecule has 0 bridgehead atoms. The lowest BCUT2D eigenvalue weighted by Crippen LogP contribution is -2.20. The number of hydrogen-bond acceptors (Lipinski definition) is 4. The summed E-state index contributed by atoms with van der Waals surface area (Å²) in [6, 6.07) is 8.39. The molecule has 0 fully saturated rings. The van der Waals surface area contributed by atoms with E-state index < -0.39 is 0 Å². The summed E-state index contributed by atoms with van der Waals surface area (Å²) >= 11 is 0. The normalized spacial score (nSPS) is 12.4. The molecule has 1 atom stereocenters. The minimum absolute atomic E-state index is 0.337. The van der Waals surface area contributed by atoms with Crippen molar-refractivity contribution in [1.29, 1.82) is 0 Å². The first-order chi connectivity index (χ1) is 9.20. The zero-order valence-corrected chi connectivity index (χ0v) is 11.8. The van der Waals surface area contributed by atoms with Crippen LogP contribution in [0.4, 0.5) is 5.82 Å². The fourth-order valence-corrected chi connectivity index (χ4v) is 2.05. The summed E-state index contributed by atoms with van der Waals surface area (Å²) in [5.74, 6) is 1.90. The van der Waals surface area contributed by atoms with E-state index in [1.54, 1.807) is 6.26 Å². The van der Waals surface area contributed by atoms with E-state index in [1.807, 2.05) is 25.4 Å².